The van der Waals surface area contributed by atoms with E-state index in [-0.39, 0.29) is 0 Å². The quantitative estimate of drug-likeness (QED) is 0.571. The maximum absolute atomic E-state index is 5.67. The molecule has 3 nitrogen and oxygen atoms in total. The number of nitrogens with zero attached hydrogens (tertiary/aromatic N) is 1. The minimum atomic E-state index is 0.385. The number of hydrogen-bond acceptors (Lipinski definition) is 3. The highest BCUT2D eigenvalue weighted by molar-refractivity contribution is 4.53. The van der Waals surface area contributed by atoms with Crippen LogP contribution in [0.2, 0.25) is 0 Å². The van der Waals surface area contributed by atoms with E-state index in [4.69, 9.17) is 4.74 Å². The lowest BCUT2D eigenvalue weighted by Gasteiger charge is -2.14. The monoisotopic (exact) mass is 202 g/mol. The van der Waals surface area contributed by atoms with Gasteiger partial charge in [0.25, 0.3) is 0 Å². The molecule has 0 bridgehead atoms. The van der Waals surface area contributed by atoms with Gasteiger partial charge in [-0.25, -0.2) is 0 Å². The van der Waals surface area contributed by atoms with Gasteiger partial charge in [-0.05, 0) is 53.5 Å². The Bertz CT molecular complexity index is 118. The molecule has 0 aromatic carbocycles. The Kier molecular flexibility index (Phi) is 9.35. The predicted molar refractivity (Wildman–Crippen MR) is 61.7 cm³/mol. The summed E-state index contributed by atoms with van der Waals surface area (Å²) in [7, 11) is 4.18. The Labute approximate surface area is 88.8 Å². The van der Waals surface area contributed by atoms with Crippen LogP contribution in [-0.4, -0.2) is 51.3 Å². The highest BCUT2D eigenvalue weighted by Crippen LogP contribution is 1.97. The fraction of sp³-hybridized carbons (Fsp3) is 1.00. The third kappa shape index (κ3) is 9.96. The summed E-state index contributed by atoms with van der Waals surface area (Å²) in [5.41, 5.74) is 0. The summed E-state index contributed by atoms with van der Waals surface area (Å²) < 4.78 is 5.67. The number of nitrogens with one attached hydrogen (secondary N) is 1. The van der Waals surface area contributed by atoms with Crippen molar-refractivity contribution < 1.29 is 4.74 Å². The lowest BCUT2D eigenvalue weighted by molar-refractivity contribution is 0.0558. The van der Waals surface area contributed by atoms with Crippen molar-refractivity contribution >= 4 is 0 Å². The normalized spacial score (nSPS) is 13.5. The minimum Gasteiger partial charge on any atom is -0.378 e. The molecule has 1 unspecified atom stereocenters. The molecule has 0 aliphatic carbocycles. The van der Waals surface area contributed by atoms with Crippen molar-refractivity contribution in [1.29, 1.82) is 0 Å². The third-order valence-corrected chi connectivity index (χ3v) is 2.13. The summed E-state index contributed by atoms with van der Waals surface area (Å²) in [5.74, 6) is 0. The fourth-order valence-electron chi connectivity index (χ4n) is 1.23. The summed E-state index contributed by atoms with van der Waals surface area (Å²) in [6.07, 6.45) is 2.62. The van der Waals surface area contributed by atoms with E-state index in [1.54, 1.807) is 0 Å². The minimum absolute atomic E-state index is 0.385. The molecule has 1 atom stereocenters. The highest BCUT2D eigenvalue weighted by Gasteiger charge is 2.00. The van der Waals surface area contributed by atoms with Gasteiger partial charge in [-0.2, -0.15) is 0 Å². The molecule has 0 saturated heterocycles. The molecule has 3 heteroatoms. The molecule has 86 valence electrons. The van der Waals surface area contributed by atoms with Crippen molar-refractivity contribution in [1.82, 2.24) is 10.2 Å². The van der Waals surface area contributed by atoms with Crippen molar-refractivity contribution in [2.45, 2.75) is 32.8 Å². The average Bonchev–Trinajstić information content (AvgIpc) is 2.13. The van der Waals surface area contributed by atoms with Crippen LogP contribution < -0.4 is 5.32 Å². The molecular weight excluding hydrogens is 176 g/mol. The zero-order valence-electron chi connectivity index (χ0n) is 10.2. The van der Waals surface area contributed by atoms with Crippen LogP contribution in [-0.2, 0) is 4.74 Å². The van der Waals surface area contributed by atoms with Gasteiger partial charge in [0.1, 0.15) is 0 Å². The molecular formula is C11H26N2O. The van der Waals surface area contributed by atoms with Crippen molar-refractivity contribution in [3.63, 3.8) is 0 Å². The van der Waals surface area contributed by atoms with Crippen molar-refractivity contribution in [3.05, 3.63) is 0 Å². The van der Waals surface area contributed by atoms with Crippen molar-refractivity contribution in [2.75, 3.05) is 40.3 Å². The van der Waals surface area contributed by atoms with Crippen LogP contribution in [0.4, 0.5) is 0 Å². The second kappa shape index (κ2) is 9.44. The van der Waals surface area contributed by atoms with E-state index in [2.05, 4.69) is 38.2 Å². The number of ether oxygens (including phenoxy) is 1. The van der Waals surface area contributed by atoms with E-state index in [9.17, 15) is 0 Å². The van der Waals surface area contributed by atoms with Crippen molar-refractivity contribution in [3.8, 4) is 0 Å². The van der Waals surface area contributed by atoms with Gasteiger partial charge in [-0.1, -0.05) is 6.92 Å². The van der Waals surface area contributed by atoms with Crippen LogP contribution in [0.15, 0.2) is 0 Å². The molecule has 1 N–H and O–H groups in total. The smallest absolute Gasteiger partial charge is 0.0559 e. The standard InChI is InChI=1S/C11H26N2O/c1-5-12-8-7-11(2)14-10-6-9-13(3)4/h11-12H,5-10H2,1-4H3. The zero-order chi connectivity index (χ0) is 10.8. The van der Waals surface area contributed by atoms with Crippen molar-refractivity contribution in [2.24, 2.45) is 0 Å². The van der Waals surface area contributed by atoms with Gasteiger partial charge in [0.15, 0.2) is 0 Å². The first kappa shape index (κ1) is 13.9. The van der Waals surface area contributed by atoms with Gasteiger partial charge in [-0.3, -0.25) is 0 Å². The Morgan fingerprint density at radius 1 is 1.36 bits per heavy atom. The lowest BCUT2D eigenvalue weighted by Crippen LogP contribution is -2.21. The fourth-order valence-corrected chi connectivity index (χ4v) is 1.23. The zero-order valence-corrected chi connectivity index (χ0v) is 10.2. The molecule has 0 aromatic heterocycles. The summed E-state index contributed by atoms with van der Waals surface area (Å²) in [6, 6.07) is 0. The SMILES string of the molecule is CCNCCC(C)OCCCN(C)C. The van der Waals surface area contributed by atoms with Crippen LogP contribution in [0, 0.1) is 0 Å². The maximum atomic E-state index is 5.67. The predicted octanol–water partition coefficient (Wildman–Crippen LogP) is 1.34. The number of rotatable bonds is 9. The van der Waals surface area contributed by atoms with Gasteiger partial charge < -0.3 is 15.0 Å². The maximum Gasteiger partial charge on any atom is 0.0559 e. The van der Waals surface area contributed by atoms with E-state index < -0.39 is 0 Å². The first-order valence-electron chi connectivity index (χ1n) is 5.63. The molecule has 14 heavy (non-hydrogen) atoms. The van der Waals surface area contributed by atoms with Crippen LogP contribution >= 0.6 is 0 Å². The summed E-state index contributed by atoms with van der Waals surface area (Å²) in [4.78, 5) is 2.19. The van der Waals surface area contributed by atoms with E-state index in [0.717, 1.165) is 39.1 Å². The molecule has 0 saturated carbocycles. The molecule has 0 aliphatic rings. The van der Waals surface area contributed by atoms with Gasteiger partial charge in [0.05, 0.1) is 6.10 Å². The summed E-state index contributed by atoms with van der Waals surface area (Å²) in [5, 5.41) is 3.30. The lowest BCUT2D eigenvalue weighted by atomic mass is 10.3. The molecule has 0 radical (unpaired) electrons. The van der Waals surface area contributed by atoms with Gasteiger partial charge in [0.2, 0.25) is 0 Å². The molecule has 0 fully saturated rings. The first-order chi connectivity index (χ1) is 6.66. The van der Waals surface area contributed by atoms with E-state index >= 15 is 0 Å². The highest BCUT2D eigenvalue weighted by atomic mass is 16.5. The largest absolute Gasteiger partial charge is 0.378 e. The van der Waals surface area contributed by atoms with Gasteiger partial charge in [0, 0.05) is 6.61 Å². The second-order valence-electron chi connectivity index (χ2n) is 3.98. The van der Waals surface area contributed by atoms with Crippen LogP contribution in [0.25, 0.3) is 0 Å². The summed E-state index contributed by atoms with van der Waals surface area (Å²) in [6.45, 7) is 8.37. The Morgan fingerprint density at radius 2 is 2.07 bits per heavy atom. The number of hydrogen-bond donors (Lipinski definition) is 1. The topological polar surface area (TPSA) is 24.5 Å². The first-order valence-corrected chi connectivity index (χ1v) is 5.63. The molecule has 0 aromatic rings. The Morgan fingerprint density at radius 3 is 2.64 bits per heavy atom. The van der Waals surface area contributed by atoms with Crippen LogP contribution in [0.1, 0.15) is 26.7 Å². The van der Waals surface area contributed by atoms with Crippen LogP contribution in [0.5, 0.6) is 0 Å². The van der Waals surface area contributed by atoms with Gasteiger partial charge in [-0.15, -0.1) is 0 Å². The summed E-state index contributed by atoms with van der Waals surface area (Å²) >= 11 is 0. The Balaban J connectivity index is 3.14. The average molecular weight is 202 g/mol. The Hall–Kier alpha value is -0.120. The molecule has 0 amide bonds. The molecule has 0 spiro atoms. The van der Waals surface area contributed by atoms with E-state index in [1.165, 1.54) is 0 Å². The molecule has 0 heterocycles. The van der Waals surface area contributed by atoms with E-state index in [0.29, 0.717) is 6.10 Å². The molecule has 0 rings (SSSR count). The molecule has 0 aliphatic heterocycles. The second-order valence-corrected chi connectivity index (χ2v) is 3.98. The van der Waals surface area contributed by atoms with E-state index in [1.807, 2.05) is 0 Å². The third-order valence-electron chi connectivity index (χ3n) is 2.13. The van der Waals surface area contributed by atoms with Crippen LogP contribution in [0.3, 0.4) is 0 Å². The van der Waals surface area contributed by atoms with Gasteiger partial charge >= 0.3 is 0 Å².